The van der Waals surface area contributed by atoms with Crippen LogP contribution in [0.1, 0.15) is 60.3 Å². The molecule has 7 nitrogen and oxygen atoms in total. The number of aromatic nitrogens is 2. The minimum Gasteiger partial charge on any atom is -0.461 e. The average molecular weight is 345 g/mol. The summed E-state index contributed by atoms with van der Waals surface area (Å²) in [7, 11) is 0. The van der Waals surface area contributed by atoms with Crippen molar-refractivity contribution in [3.8, 4) is 0 Å². The molecule has 3 heterocycles. The lowest BCUT2D eigenvalue weighted by atomic mass is 10.1. The largest absolute Gasteiger partial charge is 0.461 e. The Hall–Kier alpha value is -1.99. The van der Waals surface area contributed by atoms with E-state index in [2.05, 4.69) is 15.0 Å². The van der Waals surface area contributed by atoms with Gasteiger partial charge >= 0.3 is 0 Å². The number of morpholine rings is 1. The summed E-state index contributed by atoms with van der Waals surface area (Å²) in [6.07, 6.45) is 6.67. The molecule has 1 atom stereocenters. The van der Waals surface area contributed by atoms with E-state index in [-0.39, 0.29) is 11.8 Å². The second-order valence-electron chi connectivity index (χ2n) is 6.83. The highest BCUT2D eigenvalue weighted by molar-refractivity contribution is 5.93. The third-order valence-electron chi connectivity index (χ3n) is 5.11. The number of ether oxygens (including phenoxy) is 1. The highest BCUT2D eigenvalue weighted by atomic mass is 16.5. The third kappa shape index (κ3) is 3.82. The first-order chi connectivity index (χ1) is 12.3. The number of carbonyl (C=O) groups excluding carboxylic acids is 1. The van der Waals surface area contributed by atoms with Gasteiger partial charge in [0.15, 0.2) is 17.4 Å². The zero-order valence-electron chi connectivity index (χ0n) is 14.2. The van der Waals surface area contributed by atoms with Crippen LogP contribution in [0.15, 0.2) is 27.3 Å². The fourth-order valence-electron chi connectivity index (χ4n) is 3.69. The highest BCUT2D eigenvalue weighted by Crippen LogP contribution is 2.32. The smallest absolute Gasteiger partial charge is 0.240 e. The van der Waals surface area contributed by atoms with Crippen LogP contribution >= 0.6 is 0 Å². The maximum absolute atomic E-state index is 12.3. The van der Waals surface area contributed by atoms with Crippen molar-refractivity contribution in [3.63, 3.8) is 0 Å². The van der Waals surface area contributed by atoms with E-state index in [1.54, 1.807) is 12.1 Å². The molecule has 2 aromatic rings. The standard InChI is InChI=1S/C18H23N3O4/c22-15(16-6-3-8-24-16)10-14-12-23-9-7-21(14)11-17-19-18(20-25-17)13-4-1-2-5-13/h3,6,8,13-14H,1-2,4-5,7,9-12H2/t14-/m1/s1. The lowest BCUT2D eigenvalue weighted by Crippen LogP contribution is -2.45. The Morgan fingerprint density at radius 3 is 3.00 bits per heavy atom. The molecular weight excluding hydrogens is 322 g/mol. The summed E-state index contributed by atoms with van der Waals surface area (Å²) in [6, 6.07) is 3.42. The van der Waals surface area contributed by atoms with Crippen LogP contribution in [0.3, 0.4) is 0 Å². The Bertz CT molecular complexity index is 691. The van der Waals surface area contributed by atoms with Crippen molar-refractivity contribution in [2.24, 2.45) is 0 Å². The molecule has 1 aliphatic heterocycles. The van der Waals surface area contributed by atoms with E-state index in [0.29, 0.717) is 43.7 Å². The predicted octanol–water partition coefficient (Wildman–Crippen LogP) is 2.79. The molecule has 1 saturated carbocycles. The molecule has 2 fully saturated rings. The number of hydrogen-bond donors (Lipinski definition) is 0. The fraction of sp³-hybridized carbons (Fsp3) is 0.611. The van der Waals surface area contributed by atoms with Gasteiger partial charge in [-0.15, -0.1) is 0 Å². The van der Waals surface area contributed by atoms with Gasteiger partial charge in [-0.25, -0.2) is 0 Å². The van der Waals surface area contributed by atoms with Crippen LogP contribution in [0.4, 0.5) is 0 Å². The summed E-state index contributed by atoms with van der Waals surface area (Å²) in [4.78, 5) is 19.1. The van der Waals surface area contributed by atoms with Gasteiger partial charge in [0.1, 0.15) is 0 Å². The van der Waals surface area contributed by atoms with Crippen molar-refractivity contribution in [2.45, 2.75) is 50.6 Å². The van der Waals surface area contributed by atoms with E-state index < -0.39 is 0 Å². The van der Waals surface area contributed by atoms with Gasteiger partial charge in [-0.3, -0.25) is 9.69 Å². The first kappa shape index (κ1) is 16.5. The summed E-state index contributed by atoms with van der Waals surface area (Å²) in [5.41, 5.74) is 0. The van der Waals surface area contributed by atoms with Gasteiger partial charge in [0.2, 0.25) is 5.89 Å². The number of nitrogens with zero attached hydrogens (tertiary/aromatic N) is 3. The summed E-state index contributed by atoms with van der Waals surface area (Å²) in [5.74, 6) is 2.29. The molecule has 2 aliphatic rings. The van der Waals surface area contributed by atoms with E-state index in [4.69, 9.17) is 13.7 Å². The van der Waals surface area contributed by atoms with Crippen LogP contribution in [-0.2, 0) is 11.3 Å². The fourth-order valence-corrected chi connectivity index (χ4v) is 3.69. The zero-order chi connectivity index (χ0) is 17.1. The number of furan rings is 1. The molecule has 134 valence electrons. The predicted molar refractivity (Wildman–Crippen MR) is 88.2 cm³/mol. The van der Waals surface area contributed by atoms with E-state index in [9.17, 15) is 4.79 Å². The topological polar surface area (TPSA) is 81.6 Å². The van der Waals surface area contributed by atoms with E-state index in [1.807, 2.05) is 0 Å². The van der Waals surface area contributed by atoms with E-state index in [1.165, 1.54) is 19.1 Å². The van der Waals surface area contributed by atoms with Crippen LogP contribution < -0.4 is 0 Å². The summed E-state index contributed by atoms with van der Waals surface area (Å²) < 4.78 is 16.2. The molecule has 0 amide bonds. The molecule has 0 unspecified atom stereocenters. The summed E-state index contributed by atoms with van der Waals surface area (Å²) >= 11 is 0. The van der Waals surface area contributed by atoms with Crippen molar-refractivity contribution in [3.05, 3.63) is 35.9 Å². The summed E-state index contributed by atoms with van der Waals surface area (Å²) in [6.45, 7) is 2.47. The molecule has 4 rings (SSSR count). The maximum atomic E-state index is 12.3. The second kappa shape index (κ2) is 7.49. The number of hydrogen-bond acceptors (Lipinski definition) is 7. The van der Waals surface area contributed by atoms with Gasteiger partial charge in [-0.1, -0.05) is 18.0 Å². The van der Waals surface area contributed by atoms with Crippen LogP contribution in [0.25, 0.3) is 0 Å². The Kier molecular flexibility index (Phi) is 4.94. The normalized spacial score (nSPS) is 22.5. The SMILES string of the molecule is O=C(C[C@@H]1COCCN1Cc1nc(C2CCCC2)no1)c1ccco1. The molecule has 0 N–H and O–H groups in total. The van der Waals surface area contributed by atoms with Gasteiger partial charge in [0.05, 0.1) is 26.0 Å². The molecule has 0 aromatic carbocycles. The van der Waals surface area contributed by atoms with E-state index >= 15 is 0 Å². The molecule has 7 heteroatoms. The van der Waals surface area contributed by atoms with Gasteiger partial charge in [-0.2, -0.15) is 4.98 Å². The van der Waals surface area contributed by atoms with Crippen LogP contribution in [0.2, 0.25) is 0 Å². The molecule has 0 spiro atoms. The number of Topliss-reactive ketones (excluding diaryl/α,β-unsaturated/α-hetero) is 1. The zero-order valence-corrected chi connectivity index (χ0v) is 14.2. The van der Waals surface area contributed by atoms with Crippen LogP contribution in [-0.4, -0.2) is 46.6 Å². The average Bonchev–Trinajstić information content (AvgIpc) is 3.38. The lowest BCUT2D eigenvalue weighted by molar-refractivity contribution is -0.0167. The van der Waals surface area contributed by atoms with Crippen molar-refractivity contribution >= 4 is 5.78 Å². The van der Waals surface area contributed by atoms with Crippen molar-refractivity contribution in [1.29, 1.82) is 0 Å². The number of rotatable bonds is 6. The second-order valence-corrected chi connectivity index (χ2v) is 6.83. The quantitative estimate of drug-likeness (QED) is 0.745. The first-order valence-electron chi connectivity index (χ1n) is 9.00. The minimum atomic E-state index is -0.0114. The molecule has 1 aliphatic carbocycles. The third-order valence-corrected chi connectivity index (χ3v) is 5.11. The van der Waals surface area contributed by atoms with Crippen molar-refractivity contribution in [1.82, 2.24) is 15.0 Å². The first-order valence-corrected chi connectivity index (χ1v) is 9.00. The van der Waals surface area contributed by atoms with Crippen LogP contribution in [0, 0.1) is 0 Å². The Balaban J connectivity index is 1.40. The van der Waals surface area contributed by atoms with Gasteiger partial charge in [0, 0.05) is 24.9 Å². The molecule has 0 bridgehead atoms. The monoisotopic (exact) mass is 345 g/mol. The van der Waals surface area contributed by atoms with Gasteiger partial charge in [-0.05, 0) is 25.0 Å². The Morgan fingerprint density at radius 1 is 1.32 bits per heavy atom. The number of ketones is 1. The van der Waals surface area contributed by atoms with Gasteiger partial charge < -0.3 is 13.7 Å². The summed E-state index contributed by atoms with van der Waals surface area (Å²) in [5, 5.41) is 4.16. The van der Waals surface area contributed by atoms with Crippen LogP contribution in [0.5, 0.6) is 0 Å². The van der Waals surface area contributed by atoms with Gasteiger partial charge in [0.25, 0.3) is 0 Å². The van der Waals surface area contributed by atoms with E-state index in [0.717, 1.165) is 25.2 Å². The number of carbonyl (C=O) groups is 1. The minimum absolute atomic E-state index is 0.00631. The molecule has 25 heavy (non-hydrogen) atoms. The Labute approximate surface area is 146 Å². The molecule has 2 aromatic heterocycles. The molecule has 0 radical (unpaired) electrons. The maximum Gasteiger partial charge on any atom is 0.240 e. The lowest BCUT2D eigenvalue weighted by Gasteiger charge is -2.34. The van der Waals surface area contributed by atoms with Crippen molar-refractivity contribution < 1.29 is 18.5 Å². The Morgan fingerprint density at radius 2 is 2.20 bits per heavy atom. The van der Waals surface area contributed by atoms with Crippen molar-refractivity contribution in [2.75, 3.05) is 19.8 Å². The molecule has 1 saturated heterocycles. The highest BCUT2D eigenvalue weighted by Gasteiger charge is 2.29. The molecular formula is C18H23N3O4.